The number of anilines is 1. The molecular formula is C14H7ClF3N3O. The highest BCUT2D eigenvalue weighted by molar-refractivity contribution is 6.30. The monoisotopic (exact) mass is 325 g/mol. The summed E-state index contributed by atoms with van der Waals surface area (Å²) in [4.78, 5) is 19.5. The predicted molar refractivity (Wildman–Crippen MR) is 76.7 cm³/mol. The second-order valence-corrected chi connectivity index (χ2v) is 4.87. The normalized spacial score (nSPS) is 11.8. The number of nitrogens with zero attached hydrogens (tertiary/aromatic N) is 2. The molecule has 1 amide bonds. The van der Waals surface area contributed by atoms with E-state index in [1.807, 2.05) is 5.32 Å². The molecule has 2 aromatic heterocycles. The Morgan fingerprint density at radius 2 is 1.95 bits per heavy atom. The van der Waals surface area contributed by atoms with Gasteiger partial charge in [0.15, 0.2) is 0 Å². The first kappa shape index (κ1) is 14.5. The van der Waals surface area contributed by atoms with E-state index in [2.05, 4.69) is 9.97 Å². The third-order valence-corrected chi connectivity index (χ3v) is 3.23. The maximum Gasteiger partial charge on any atom is 0.471 e. The number of carbonyl (C=O) groups excluding carboxylic acids is 1. The van der Waals surface area contributed by atoms with Gasteiger partial charge in [0.25, 0.3) is 0 Å². The van der Waals surface area contributed by atoms with Crippen molar-refractivity contribution >= 4 is 45.0 Å². The molecule has 0 aliphatic heterocycles. The summed E-state index contributed by atoms with van der Waals surface area (Å²) in [7, 11) is 0. The molecular weight excluding hydrogens is 319 g/mol. The van der Waals surface area contributed by atoms with Crippen LogP contribution in [-0.4, -0.2) is 22.1 Å². The van der Waals surface area contributed by atoms with Crippen LogP contribution in [0.4, 0.5) is 18.9 Å². The summed E-state index contributed by atoms with van der Waals surface area (Å²) in [6.45, 7) is 0. The van der Waals surface area contributed by atoms with Gasteiger partial charge in [0.05, 0.1) is 11.2 Å². The topological polar surface area (TPSA) is 54.9 Å². The van der Waals surface area contributed by atoms with Gasteiger partial charge < -0.3 is 5.32 Å². The zero-order chi connectivity index (χ0) is 15.9. The molecule has 0 saturated heterocycles. The Kier molecular flexibility index (Phi) is 3.37. The molecule has 0 aliphatic carbocycles. The quantitative estimate of drug-likeness (QED) is 0.544. The molecule has 3 aromatic rings. The summed E-state index contributed by atoms with van der Waals surface area (Å²) < 4.78 is 37.4. The lowest BCUT2D eigenvalue weighted by Crippen LogP contribution is -2.30. The SMILES string of the molecule is O=C(Nc1cc2cccnc2c2nc(Cl)ccc12)C(F)(F)F. The van der Waals surface area contributed by atoms with Gasteiger partial charge in [0, 0.05) is 17.0 Å². The van der Waals surface area contributed by atoms with Gasteiger partial charge in [-0.2, -0.15) is 13.2 Å². The van der Waals surface area contributed by atoms with Gasteiger partial charge in [-0.25, -0.2) is 4.98 Å². The van der Waals surface area contributed by atoms with E-state index >= 15 is 0 Å². The van der Waals surface area contributed by atoms with Crippen LogP contribution < -0.4 is 5.32 Å². The molecule has 0 aliphatic rings. The van der Waals surface area contributed by atoms with Crippen LogP contribution >= 0.6 is 11.6 Å². The molecule has 22 heavy (non-hydrogen) atoms. The Bertz CT molecular complexity index is 896. The van der Waals surface area contributed by atoms with Crippen molar-refractivity contribution in [2.45, 2.75) is 6.18 Å². The number of aromatic nitrogens is 2. The molecule has 4 nitrogen and oxygen atoms in total. The van der Waals surface area contributed by atoms with Crippen LogP contribution in [0.5, 0.6) is 0 Å². The van der Waals surface area contributed by atoms with Gasteiger partial charge in [-0.3, -0.25) is 9.78 Å². The molecule has 112 valence electrons. The van der Waals surface area contributed by atoms with Gasteiger partial charge in [-0.15, -0.1) is 0 Å². The first-order valence-electron chi connectivity index (χ1n) is 6.08. The number of hydrogen-bond donors (Lipinski definition) is 1. The van der Waals surface area contributed by atoms with E-state index in [0.29, 0.717) is 21.8 Å². The number of benzene rings is 1. The summed E-state index contributed by atoms with van der Waals surface area (Å²) in [5, 5.41) is 2.91. The zero-order valence-electron chi connectivity index (χ0n) is 10.8. The van der Waals surface area contributed by atoms with Crippen LogP contribution in [-0.2, 0) is 4.79 Å². The smallest absolute Gasteiger partial charge is 0.318 e. The number of halogens is 4. The van der Waals surface area contributed by atoms with Crippen LogP contribution in [0.25, 0.3) is 21.8 Å². The Morgan fingerprint density at radius 3 is 2.68 bits per heavy atom. The van der Waals surface area contributed by atoms with E-state index in [9.17, 15) is 18.0 Å². The van der Waals surface area contributed by atoms with Crippen LogP contribution in [0.3, 0.4) is 0 Å². The summed E-state index contributed by atoms with van der Waals surface area (Å²) in [6, 6.07) is 7.64. The number of pyridine rings is 2. The Balaban J connectivity index is 2.26. The maximum absolute atomic E-state index is 12.5. The fourth-order valence-electron chi connectivity index (χ4n) is 2.10. The van der Waals surface area contributed by atoms with Gasteiger partial charge in [0.2, 0.25) is 0 Å². The van der Waals surface area contributed by atoms with E-state index < -0.39 is 12.1 Å². The fraction of sp³-hybridized carbons (Fsp3) is 0.0714. The van der Waals surface area contributed by atoms with E-state index in [1.54, 1.807) is 18.3 Å². The first-order chi connectivity index (χ1) is 10.4. The highest BCUT2D eigenvalue weighted by Gasteiger charge is 2.39. The molecule has 0 atom stereocenters. The number of carbonyl (C=O) groups is 1. The van der Waals surface area contributed by atoms with Crippen LogP contribution in [0.1, 0.15) is 0 Å². The second-order valence-electron chi connectivity index (χ2n) is 4.48. The second kappa shape index (κ2) is 5.10. The molecule has 0 fully saturated rings. The van der Waals surface area contributed by atoms with E-state index in [1.165, 1.54) is 18.2 Å². The predicted octanol–water partition coefficient (Wildman–Crippen LogP) is 3.94. The fourth-order valence-corrected chi connectivity index (χ4v) is 2.24. The summed E-state index contributed by atoms with van der Waals surface area (Å²) >= 11 is 5.84. The molecule has 1 N–H and O–H groups in total. The zero-order valence-corrected chi connectivity index (χ0v) is 11.5. The highest BCUT2D eigenvalue weighted by atomic mass is 35.5. The standard InChI is InChI=1S/C14H7ClF3N3O/c15-10-4-3-8-9(20-13(22)14(16,17)18)6-7-2-1-5-19-11(7)12(8)21-10/h1-6H,(H,20,22). The van der Waals surface area contributed by atoms with Crippen molar-refractivity contribution in [2.24, 2.45) is 0 Å². The van der Waals surface area contributed by atoms with E-state index in [4.69, 9.17) is 11.6 Å². The molecule has 2 heterocycles. The Labute approximate surface area is 126 Å². The highest BCUT2D eigenvalue weighted by Crippen LogP contribution is 2.31. The average Bonchev–Trinajstić information content (AvgIpc) is 2.46. The Hall–Kier alpha value is -2.41. The van der Waals surface area contributed by atoms with E-state index in [0.717, 1.165) is 0 Å². The average molecular weight is 326 g/mol. The van der Waals surface area contributed by atoms with Crippen molar-refractivity contribution in [3.63, 3.8) is 0 Å². The van der Waals surface area contributed by atoms with Crippen molar-refractivity contribution < 1.29 is 18.0 Å². The van der Waals surface area contributed by atoms with Gasteiger partial charge in [0.1, 0.15) is 10.7 Å². The number of hydrogen-bond acceptors (Lipinski definition) is 3. The molecule has 0 radical (unpaired) electrons. The summed E-state index contributed by atoms with van der Waals surface area (Å²) in [6.07, 6.45) is -3.44. The molecule has 0 unspecified atom stereocenters. The summed E-state index contributed by atoms with van der Waals surface area (Å²) in [5.41, 5.74) is 0.815. The van der Waals surface area contributed by atoms with Gasteiger partial charge >= 0.3 is 12.1 Å². The molecule has 0 spiro atoms. The largest absolute Gasteiger partial charge is 0.471 e. The molecule has 3 rings (SSSR count). The number of amides is 1. The van der Waals surface area contributed by atoms with Crippen molar-refractivity contribution in [1.29, 1.82) is 0 Å². The molecule has 1 aromatic carbocycles. The molecule has 0 bridgehead atoms. The summed E-state index contributed by atoms with van der Waals surface area (Å²) in [5.74, 6) is -2.05. The van der Waals surface area contributed by atoms with Crippen LogP contribution in [0.15, 0.2) is 36.5 Å². The van der Waals surface area contributed by atoms with Crippen LogP contribution in [0.2, 0.25) is 5.15 Å². The van der Waals surface area contributed by atoms with Crippen LogP contribution in [0, 0.1) is 0 Å². The Morgan fingerprint density at radius 1 is 1.18 bits per heavy atom. The minimum absolute atomic E-state index is 0.00184. The van der Waals surface area contributed by atoms with Crippen molar-refractivity contribution in [2.75, 3.05) is 5.32 Å². The lowest BCUT2D eigenvalue weighted by atomic mass is 10.1. The van der Waals surface area contributed by atoms with Gasteiger partial charge in [-0.1, -0.05) is 17.7 Å². The third kappa shape index (κ3) is 2.55. The molecule has 0 saturated carbocycles. The number of alkyl halides is 3. The lowest BCUT2D eigenvalue weighted by Gasteiger charge is -2.12. The number of rotatable bonds is 1. The van der Waals surface area contributed by atoms with E-state index in [-0.39, 0.29) is 10.8 Å². The van der Waals surface area contributed by atoms with Gasteiger partial charge in [-0.05, 0) is 24.3 Å². The first-order valence-corrected chi connectivity index (χ1v) is 6.46. The minimum Gasteiger partial charge on any atom is -0.318 e. The third-order valence-electron chi connectivity index (χ3n) is 3.02. The number of fused-ring (bicyclic) bond motifs is 3. The lowest BCUT2D eigenvalue weighted by molar-refractivity contribution is -0.167. The number of nitrogens with one attached hydrogen (secondary N) is 1. The minimum atomic E-state index is -4.98. The van der Waals surface area contributed by atoms with Crippen molar-refractivity contribution in [1.82, 2.24) is 9.97 Å². The van der Waals surface area contributed by atoms with Crippen molar-refractivity contribution in [3.8, 4) is 0 Å². The maximum atomic E-state index is 12.5. The van der Waals surface area contributed by atoms with Crippen molar-refractivity contribution in [3.05, 3.63) is 41.7 Å². The molecule has 8 heteroatoms.